The van der Waals surface area contributed by atoms with Crippen molar-refractivity contribution >= 4 is 18.2 Å². The molecule has 0 bridgehead atoms. The molecule has 2 aliphatic heterocycles. The van der Waals surface area contributed by atoms with Crippen LogP contribution in [0.25, 0.3) is 0 Å². The number of hydrazine groups is 1. The van der Waals surface area contributed by atoms with E-state index in [4.69, 9.17) is 0 Å². The van der Waals surface area contributed by atoms with Gasteiger partial charge in [0, 0.05) is 7.05 Å². The number of nitrogens with zero attached hydrogens (tertiary/aromatic N) is 4. The van der Waals surface area contributed by atoms with Gasteiger partial charge in [-0.25, -0.2) is 5.01 Å². The fourth-order valence-corrected chi connectivity index (χ4v) is 4.08. The van der Waals surface area contributed by atoms with Crippen LogP contribution < -0.4 is 0 Å². The van der Waals surface area contributed by atoms with E-state index >= 15 is 0 Å². The van der Waals surface area contributed by atoms with Crippen LogP contribution in [0.15, 0.2) is 30.3 Å². The van der Waals surface area contributed by atoms with Crippen molar-refractivity contribution < 1.29 is 14.4 Å². The van der Waals surface area contributed by atoms with Crippen LogP contribution >= 0.6 is 0 Å². The van der Waals surface area contributed by atoms with Crippen LogP contribution in [0.1, 0.15) is 44.7 Å². The Morgan fingerprint density at radius 1 is 1.22 bits per heavy atom. The van der Waals surface area contributed by atoms with Crippen LogP contribution in [-0.2, 0) is 14.4 Å². The number of unbranched alkanes of at least 4 members (excludes halogenated alkanes) is 1. The summed E-state index contributed by atoms with van der Waals surface area (Å²) in [5, 5.41) is 3.17. The van der Waals surface area contributed by atoms with Gasteiger partial charge in [-0.3, -0.25) is 19.4 Å². The van der Waals surface area contributed by atoms with Crippen molar-refractivity contribution in [2.75, 3.05) is 20.1 Å². The molecule has 3 atom stereocenters. The molecule has 0 radical (unpaired) electrons. The van der Waals surface area contributed by atoms with Crippen molar-refractivity contribution in [3.8, 4) is 0 Å². The standard InChI is InChI=1S/C20H28N4O3/c1-4-5-11-17-20(27)22(15(2)16-9-7-6-8-10-16)12-18-23(14-25)21(3)13-19(26)24(17)18/h6-10,14-15,17-18H,4-5,11-13H2,1-3H3/t15-,17-,18?/m0/s1. The molecule has 146 valence electrons. The Balaban J connectivity index is 1.96. The molecule has 1 unspecified atom stereocenters. The largest absolute Gasteiger partial charge is 0.330 e. The van der Waals surface area contributed by atoms with E-state index in [0.717, 1.165) is 24.8 Å². The molecule has 1 aromatic carbocycles. The minimum absolute atomic E-state index is 0.0280. The topological polar surface area (TPSA) is 64.2 Å². The molecule has 0 aliphatic carbocycles. The number of piperazine rings is 1. The van der Waals surface area contributed by atoms with Gasteiger partial charge in [-0.05, 0) is 18.9 Å². The van der Waals surface area contributed by atoms with E-state index in [0.29, 0.717) is 13.0 Å². The van der Waals surface area contributed by atoms with Gasteiger partial charge < -0.3 is 9.80 Å². The normalized spacial score (nSPS) is 24.8. The summed E-state index contributed by atoms with van der Waals surface area (Å²) in [6, 6.07) is 9.22. The van der Waals surface area contributed by atoms with Gasteiger partial charge in [0.2, 0.25) is 18.2 Å². The third-order valence-corrected chi connectivity index (χ3v) is 5.63. The maximum atomic E-state index is 13.3. The molecule has 0 N–H and O–H groups in total. The van der Waals surface area contributed by atoms with Crippen molar-refractivity contribution in [2.45, 2.75) is 51.4 Å². The summed E-state index contributed by atoms with van der Waals surface area (Å²) in [6.07, 6.45) is 2.72. The van der Waals surface area contributed by atoms with Gasteiger partial charge in [-0.2, -0.15) is 0 Å². The molecule has 0 saturated carbocycles. The Bertz CT molecular complexity index is 696. The fraction of sp³-hybridized carbons (Fsp3) is 0.550. The molecule has 3 rings (SSSR count). The van der Waals surface area contributed by atoms with Gasteiger partial charge in [0.1, 0.15) is 12.2 Å². The van der Waals surface area contributed by atoms with Crippen molar-refractivity contribution in [1.29, 1.82) is 0 Å². The van der Waals surface area contributed by atoms with Crippen LogP contribution in [0.5, 0.6) is 0 Å². The zero-order valence-corrected chi connectivity index (χ0v) is 16.2. The summed E-state index contributed by atoms with van der Waals surface area (Å²) >= 11 is 0. The molecule has 7 heteroatoms. The van der Waals surface area contributed by atoms with Gasteiger partial charge in [-0.15, -0.1) is 0 Å². The van der Waals surface area contributed by atoms with E-state index in [-0.39, 0.29) is 24.4 Å². The highest BCUT2D eigenvalue weighted by atomic mass is 16.2. The van der Waals surface area contributed by atoms with Crippen molar-refractivity contribution in [3.05, 3.63) is 35.9 Å². The second-order valence-corrected chi connectivity index (χ2v) is 7.32. The fourth-order valence-electron chi connectivity index (χ4n) is 4.08. The van der Waals surface area contributed by atoms with E-state index in [1.807, 2.05) is 42.2 Å². The summed E-state index contributed by atoms with van der Waals surface area (Å²) < 4.78 is 0. The maximum Gasteiger partial charge on any atom is 0.246 e. The molecule has 2 saturated heterocycles. The molecular weight excluding hydrogens is 344 g/mol. The van der Waals surface area contributed by atoms with E-state index in [1.165, 1.54) is 5.01 Å². The third-order valence-electron chi connectivity index (χ3n) is 5.63. The number of amides is 3. The van der Waals surface area contributed by atoms with Crippen molar-refractivity contribution in [3.63, 3.8) is 0 Å². The first-order chi connectivity index (χ1) is 13.0. The van der Waals surface area contributed by atoms with Gasteiger partial charge in [0.05, 0.1) is 19.1 Å². The smallest absolute Gasteiger partial charge is 0.246 e. The molecule has 2 aliphatic rings. The molecule has 0 aromatic heterocycles. The summed E-state index contributed by atoms with van der Waals surface area (Å²) in [7, 11) is 1.73. The second kappa shape index (κ2) is 8.08. The van der Waals surface area contributed by atoms with Crippen LogP contribution in [0.4, 0.5) is 0 Å². The minimum atomic E-state index is -0.515. The summed E-state index contributed by atoms with van der Waals surface area (Å²) in [4.78, 5) is 41.3. The first-order valence-corrected chi connectivity index (χ1v) is 9.60. The lowest BCUT2D eigenvalue weighted by Gasteiger charge is -2.54. The number of carbonyl (C=O) groups excluding carboxylic acids is 3. The number of carbonyl (C=O) groups is 3. The predicted octanol–water partition coefficient (Wildman–Crippen LogP) is 1.62. The first-order valence-electron chi connectivity index (χ1n) is 9.60. The molecule has 0 spiro atoms. The molecule has 2 fully saturated rings. The highest BCUT2D eigenvalue weighted by Crippen LogP contribution is 2.32. The number of rotatable bonds is 6. The Hall–Kier alpha value is -2.41. The quantitative estimate of drug-likeness (QED) is 0.712. The lowest BCUT2D eigenvalue weighted by Crippen LogP contribution is -2.74. The Morgan fingerprint density at radius 3 is 2.56 bits per heavy atom. The zero-order chi connectivity index (χ0) is 19.6. The predicted molar refractivity (Wildman–Crippen MR) is 101 cm³/mol. The number of hydrogen-bond acceptors (Lipinski definition) is 4. The van der Waals surface area contributed by atoms with Crippen LogP contribution in [0.3, 0.4) is 0 Å². The molecular formula is C20H28N4O3. The summed E-state index contributed by atoms with van der Waals surface area (Å²) in [6.45, 7) is 4.49. The van der Waals surface area contributed by atoms with E-state index in [2.05, 4.69) is 6.92 Å². The van der Waals surface area contributed by atoms with Gasteiger partial charge in [0.25, 0.3) is 0 Å². The average molecular weight is 372 g/mol. The summed E-state index contributed by atoms with van der Waals surface area (Å²) in [5.74, 6) is -0.123. The molecule has 27 heavy (non-hydrogen) atoms. The molecule has 2 heterocycles. The Labute approximate surface area is 160 Å². The SMILES string of the molecule is CCCC[C@H]1C(=O)N([C@@H](C)c2ccccc2)CC2N1C(=O)CN(C)N2C=O. The number of benzene rings is 1. The van der Waals surface area contributed by atoms with Crippen molar-refractivity contribution in [1.82, 2.24) is 19.8 Å². The van der Waals surface area contributed by atoms with Gasteiger partial charge >= 0.3 is 0 Å². The number of hydrogen-bond donors (Lipinski definition) is 0. The zero-order valence-electron chi connectivity index (χ0n) is 16.2. The highest BCUT2D eigenvalue weighted by Gasteiger charge is 2.49. The maximum absolute atomic E-state index is 13.3. The van der Waals surface area contributed by atoms with Crippen LogP contribution in [-0.4, -0.2) is 70.4 Å². The Kier molecular flexibility index (Phi) is 5.79. The van der Waals surface area contributed by atoms with Crippen molar-refractivity contribution in [2.24, 2.45) is 0 Å². The lowest BCUT2D eigenvalue weighted by atomic mass is 9.98. The van der Waals surface area contributed by atoms with E-state index in [9.17, 15) is 14.4 Å². The van der Waals surface area contributed by atoms with Crippen LogP contribution in [0, 0.1) is 0 Å². The summed E-state index contributed by atoms with van der Waals surface area (Å²) in [5.41, 5.74) is 1.04. The lowest BCUT2D eigenvalue weighted by molar-refractivity contribution is -0.198. The van der Waals surface area contributed by atoms with E-state index in [1.54, 1.807) is 17.0 Å². The van der Waals surface area contributed by atoms with Gasteiger partial charge in [0.15, 0.2) is 0 Å². The third kappa shape index (κ3) is 3.56. The highest BCUT2D eigenvalue weighted by molar-refractivity contribution is 5.91. The van der Waals surface area contributed by atoms with Gasteiger partial charge in [-0.1, -0.05) is 50.1 Å². The minimum Gasteiger partial charge on any atom is -0.330 e. The first kappa shape index (κ1) is 19.4. The number of likely N-dealkylation sites (N-methyl/N-ethyl adjacent to an activating group) is 1. The Morgan fingerprint density at radius 2 is 1.93 bits per heavy atom. The average Bonchev–Trinajstić information content (AvgIpc) is 2.67. The second-order valence-electron chi connectivity index (χ2n) is 7.32. The molecule has 1 aromatic rings. The molecule has 7 nitrogen and oxygen atoms in total. The molecule has 3 amide bonds. The van der Waals surface area contributed by atoms with Crippen LogP contribution in [0.2, 0.25) is 0 Å². The monoisotopic (exact) mass is 372 g/mol. The van der Waals surface area contributed by atoms with E-state index < -0.39 is 12.2 Å². The number of fused-ring (bicyclic) bond motifs is 1.